The van der Waals surface area contributed by atoms with Crippen LogP contribution in [-0.2, 0) is 11.2 Å². The number of para-hydroxylation sites is 1. The largest absolute Gasteiger partial charge is 0.385 e. The van der Waals surface area contributed by atoms with Crippen molar-refractivity contribution in [2.45, 2.75) is 25.3 Å². The molecule has 27 heavy (non-hydrogen) atoms. The van der Waals surface area contributed by atoms with Crippen molar-refractivity contribution >= 4 is 17.3 Å². The summed E-state index contributed by atoms with van der Waals surface area (Å²) >= 11 is 0. The van der Waals surface area contributed by atoms with Crippen molar-refractivity contribution in [2.24, 2.45) is 0 Å². The van der Waals surface area contributed by atoms with E-state index in [1.165, 1.54) is 11.3 Å². The van der Waals surface area contributed by atoms with Crippen molar-refractivity contribution in [1.29, 1.82) is 0 Å². The highest BCUT2D eigenvalue weighted by Gasteiger charge is 2.20. The Labute approximate surface area is 159 Å². The molecule has 2 aliphatic rings. The second-order valence-electron chi connectivity index (χ2n) is 7.09. The number of hydrogen-bond acceptors (Lipinski definition) is 5. The molecule has 4 rings (SSSR count). The van der Waals surface area contributed by atoms with E-state index < -0.39 is 0 Å². The molecule has 1 saturated heterocycles. The molecule has 0 aliphatic carbocycles. The topological polar surface area (TPSA) is 66.5 Å². The van der Waals surface area contributed by atoms with Crippen molar-refractivity contribution in [2.75, 3.05) is 43.5 Å². The number of ether oxygens (including phenoxy) is 1. The number of benzene rings is 1. The Kier molecular flexibility index (Phi) is 5.53. The summed E-state index contributed by atoms with van der Waals surface area (Å²) in [4.78, 5) is 18.6. The van der Waals surface area contributed by atoms with E-state index in [0.717, 1.165) is 31.5 Å². The summed E-state index contributed by atoms with van der Waals surface area (Å²) in [7, 11) is 0. The van der Waals surface area contributed by atoms with E-state index in [1.54, 1.807) is 11.1 Å². The van der Waals surface area contributed by atoms with Gasteiger partial charge in [0.2, 0.25) is 0 Å². The third-order valence-electron chi connectivity index (χ3n) is 5.24. The number of carbonyl (C=O) groups excluding carboxylic acids is 1. The number of rotatable bonds is 5. The number of anilines is 2. The van der Waals surface area contributed by atoms with Gasteiger partial charge in [0.25, 0.3) is 5.91 Å². The average Bonchev–Trinajstić information content (AvgIpc) is 2.74. The fourth-order valence-electron chi connectivity index (χ4n) is 3.69. The lowest BCUT2D eigenvalue weighted by atomic mass is 9.96. The zero-order valence-corrected chi connectivity index (χ0v) is 15.5. The molecular weight excluding hydrogens is 340 g/mol. The lowest BCUT2D eigenvalue weighted by Crippen LogP contribution is -2.41. The first-order valence-corrected chi connectivity index (χ1v) is 9.71. The second kappa shape index (κ2) is 8.39. The number of pyridine rings is 1. The van der Waals surface area contributed by atoms with Crippen LogP contribution in [0.4, 0.5) is 11.4 Å². The third-order valence-corrected chi connectivity index (χ3v) is 5.24. The Morgan fingerprint density at radius 1 is 1.26 bits per heavy atom. The molecule has 2 aliphatic heterocycles. The molecule has 0 saturated carbocycles. The van der Waals surface area contributed by atoms with E-state index in [9.17, 15) is 4.79 Å². The minimum Gasteiger partial charge on any atom is -0.385 e. The van der Waals surface area contributed by atoms with Crippen LogP contribution in [0.5, 0.6) is 0 Å². The van der Waals surface area contributed by atoms with Crippen molar-refractivity contribution < 1.29 is 9.53 Å². The minimum absolute atomic E-state index is 0.0208. The first kappa shape index (κ1) is 17.8. The maximum absolute atomic E-state index is 12.6. The first-order valence-electron chi connectivity index (χ1n) is 9.71. The van der Waals surface area contributed by atoms with Crippen LogP contribution in [0.15, 0.2) is 42.6 Å². The van der Waals surface area contributed by atoms with Crippen molar-refractivity contribution in [1.82, 2.24) is 9.88 Å². The van der Waals surface area contributed by atoms with Crippen molar-refractivity contribution in [3.8, 4) is 0 Å². The third kappa shape index (κ3) is 4.39. The quantitative estimate of drug-likeness (QED) is 0.852. The first-order chi connectivity index (χ1) is 13.3. The van der Waals surface area contributed by atoms with Crippen LogP contribution in [0.3, 0.4) is 0 Å². The lowest BCUT2D eigenvalue weighted by Gasteiger charge is -2.27. The number of aromatic nitrogens is 1. The summed E-state index contributed by atoms with van der Waals surface area (Å²) in [5.41, 5.74) is 4.10. The van der Waals surface area contributed by atoms with Gasteiger partial charge in [-0.2, -0.15) is 0 Å². The molecule has 0 bridgehead atoms. The summed E-state index contributed by atoms with van der Waals surface area (Å²) < 4.78 is 5.31. The van der Waals surface area contributed by atoms with E-state index >= 15 is 0 Å². The van der Waals surface area contributed by atoms with Crippen molar-refractivity contribution in [3.63, 3.8) is 0 Å². The molecule has 0 spiro atoms. The number of hydrogen-bond donors (Lipinski definition) is 2. The Morgan fingerprint density at radius 3 is 3.00 bits per heavy atom. The fourth-order valence-corrected chi connectivity index (χ4v) is 3.69. The Bertz CT molecular complexity index is 789. The predicted molar refractivity (Wildman–Crippen MR) is 106 cm³/mol. The summed E-state index contributed by atoms with van der Waals surface area (Å²) in [5.74, 6) is -0.0208. The number of amides is 1. The zero-order chi connectivity index (χ0) is 18.5. The fraction of sp³-hybridized carbons (Fsp3) is 0.429. The molecule has 3 heterocycles. The molecule has 1 atom stereocenters. The summed E-state index contributed by atoms with van der Waals surface area (Å²) in [6.45, 7) is 3.32. The molecule has 6 nitrogen and oxygen atoms in total. The highest BCUT2D eigenvalue weighted by atomic mass is 16.5. The lowest BCUT2D eigenvalue weighted by molar-refractivity contribution is 0.0299. The van der Waals surface area contributed by atoms with Gasteiger partial charge in [-0.1, -0.05) is 18.2 Å². The van der Waals surface area contributed by atoms with Gasteiger partial charge < -0.3 is 20.3 Å². The molecule has 1 aromatic carbocycles. The van der Waals surface area contributed by atoms with Crippen LogP contribution in [0, 0.1) is 0 Å². The summed E-state index contributed by atoms with van der Waals surface area (Å²) in [5, 5.41) is 7.07. The van der Waals surface area contributed by atoms with Crippen LogP contribution >= 0.6 is 0 Å². The Morgan fingerprint density at radius 2 is 2.11 bits per heavy atom. The number of carbonyl (C=O) groups is 1. The van der Waals surface area contributed by atoms with Gasteiger partial charge in [0.1, 0.15) is 5.69 Å². The van der Waals surface area contributed by atoms with Gasteiger partial charge >= 0.3 is 0 Å². The van der Waals surface area contributed by atoms with E-state index in [4.69, 9.17) is 4.74 Å². The molecule has 142 valence electrons. The van der Waals surface area contributed by atoms with Crippen LogP contribution in [-0.4, -0.2) is 54.7 Å². The standard InChI is InChI=1S/C21H26N4O2/c26-21(25-11-13-27-14-12-25)20-15-18(8-10-23-20)22-9-7-17-6-5-16-3-1-2-4-19(16)24-17/h1-4,8,10,15,17,24H,5-7,9,11-14H2,(H,22,23). The Balaban J connectivity index is 1.29. The van der Waals surface area contributed by atoms with E-state index in [-0.39, 0.29) is 5.91 Å². The normalized spacial score (nSPS) is 19.1. The number of morpholine rings is 1. The number of aryl methyl sites for hydroxylation is 1. The summed E-state index contributed by atoms with van der Waals surface area (Å²) in [6.07, 6.45) is 5.01. The molecular formula is C21H26N4O2. The smallest absolute Gasteiger partial charge is 0.272 e. The van der Waals surface area contributed by atoms with Crippen LogP contribution < -0.4 is 10.6 Å². The van der Waals surface area contributed by atoms with E-state index in [2.05, 4.69) is 39.9 Å². The number of nitrogens with zero attached hydrogens (tertiary/aromatic N) is 2. The summed E-state index contributed by atoms with van der Waals surface area (Å²) in [6, 6.07) is 12.8. The van der Waals surface area contributed by atoms with Gasteiger partial charge in [-0.3, -0.25) is 9.78 Å². The van der Waals surface area contributed by atoms with Gasteiger partial charge in [0, 0.05) is 43.2 Å². The van der Waals surface area contributed by atoms with Crippen LogP contribution in [0.25, 0.3) is 0 Å². The molecule has 2 aromatic rings. The maximum atomic E-state index is 12.6. The molecule has 2 N–H and O–H groups in total. The van der Waals surface area contributed by atoms with Gasteiger partial charge in [-0.25, -0.2) is 0 Å². The van der Waals surface area contributed by atoms with Gasteiger partial charge in [0.05, 0.1) is 13.2 Å². The average molecular weight is 366 g/mol. The predicted octanol–water partition coefficient (Wildman–Crippen LogP) is 2.78. The van der Waals surface area contributed by atoms with Crippen LogP contribution in [0.2, 0.25) is 0 Å². The van der Waals surface area contributed by atoms with Gasteiger partial charge in [0.15, 0.2) is 0 Å². The highest BCUT2D eigenvalue weighted by molar-refractivity contribution is 5.93. The number of fused-ring (bicyclic) bond motifs is 1. The second-order valence-corrected chi connectivity index (χ2v) is 7.09. The van der Waals surface area contributed by atoms with Gasteiger partial charge in [-0.05, 0) is 43.0 Å². The highest BCUT2D eigenvalue weighted by Crippen LogP contribution is 2.25. The van der Waals surface area contributed by atoms with E-state index in [1.807, 2.05) is 12.1 Å². The molecule has 1 fully saturated rings. The molecule has 6 heteroatoms. The van der Waals surface area contributed by atoms with Crippen LogP contribution in [0.1, 0.15) is 28.9 Å². The molecule has 1 aromatic heterocycles. The van der Waals surface area contributed by atoms with Gasteiger partial charge in [-0.15, -0.1) is 0 Å². The minimum atomic E-state index is -0.0208. The Hall–Kier alpha value is -2.60. The maximum Gasteiger partial charge on any atom is 0.272 e. The SMILES string of the molecule is O=C(c1cc(NCCC2CCc3ccccc3N2)ccn1)N1CCOCC1. The monoisotopic (exact) mass is 366 g/mol. The zero-order valence-electron chi connectivity index (χ0n) is 15.5. The van der Waals surface area contributed by atoms with E-state index in [0.29, 0.717) is 38.0 Å². The molecule has 1 amide bonds. The molecule has 0 radical (unpaired) electrons. The number of nitrogens with one attached hydrogen (secondary N) is 2. The van der Waals surface area contributed by atoms with Crippen molar-refractivity contribution in [3.05, 3.63) is 53.9 Å². The molecule has 1 unspecified atom stereocenters.